The van der Waals surface area contributed by atoms with E-state index in [0.29, 0.717) is 11.7 Å². The van der Waals surface area contributed by atoms with E-state index >= 15 is 0 Å². The van der Waals surface area contributed by atoms with Crippen LogP contribution in [0.15, 0.2) is 18.2 Å². The number of unbranched alkanes of at least 4 members (excludes halogenated alkanes) is 3. The summed E-state index contributed by atoms with van der Waals surface area (Å²) in [6.45, 7) is 4.41. The Morgan fingerprint density at radius 1 is 1.24 bits per heavy atom. The Balaban J connectivity index is 2.53. The number of halogens is 1. The molecule has 1 atom stereocenters. The minimum Gasteiger partial charge on any atom is -0.494 e. The topological polar surface area (TPSA) is 9.23 Å². The summed E-state index contributed by atoms with van der Waals surface area (Å²) in [5, 5.41) is 0. The van der Waals surface area contributed by atoms with Gasteiger partial charge in [-0.05, 0) is 30.0 Å². The van der Waals surface area contributed by atoms with E-state index in [1.807, 2.05) is 12.1 Å². The SMILES string of the molecule is CCCCCCC(C)c1ccc(F)c(OC)c1. The van der Waals surface area contributed by atoms with Crippen molar-refractivity contribution < 1.29 is 9.13 Å². The van der Waals surface area contributed by atoms with E-state index < -0.39 is 0 Å². The lowest BCUT2D eigenvalue weighted by Crippen LogP contribution is -1.96. The zero-order valence-corrected chi connectivity index (χ0v) is 11.1. The van der Waals surface area contributed by atoms with Gasteiger partial charge < -0.3 is 4.74 Å². The normalized spacial score (nSPS) is 12.5. The summed E-state index contributed by atoms with van der Waals surface area (Å²) in [6, 6.07) is 5.18. The highest BCUT2D eigenvalue weighted by Crippen LogP contribution is 2.27. The predicted molar refractivity (Wildman–Crippen MR) is 70.1 cm³/mol. The van der Waals surface area contributed by atoms with Crippen molar-refractivity contribution in [3.63, 3.8) is 0 Å². The summed E-state index contributed by atoms with van der Waals surface area (Å²) < 4.78 is 18.3. The third-order valence-corrected chi connectivity index (χ3v) is 3.23. The molecule has 1 unspecified atom stereocenters. The number of hydrogen-bond donors (Lipinski definition) is 0. The number of methoxy groups -OCH3 is 1. The molecule has 17 heavy (non-hydrogen) atoms. The average molecular weight is 238 g/mol. The molecule has 0 saturated carbocycles. The van der Waals surface area contributed by atoms with Crippen LogP contribution in [-0.2, 0) is 0 Å². The summed E-state index contributed by atoms with van der Waals surface area (Å²) in [4.78, 5) is 0. The van der Waals surface area contributed by atoms with E-state index in [9.17, 15) is 4.39 Å². The lowest BCUT2D eigenvalue weighted by Gasteiger charge is -2.13. The van der Waals surface area contributed by atoms with Crippen molar-refractivity contribution in [2.45, 2.75) is 51.9 Å². The molecular formula is C15H23FO. The molecule has 0 fully saturated rings. The van der Waals surface area contributed by atoms with E-state index in [2.05, 4.69) is 13.8 Å². The Kier molecular flexibility index (Phi) is 6.03. The molecule has 0 N–H and O–H groups in total. The first-order valence-electron chi connectivity index (χ1n) is 6.52. The fourth-order valence-corrected chi connectivity index (χ4v) is 2.03. The molecule has 0 aliphatic rings. The Morgan fingerprint density at radius 3 is 2.65 bits per heavy atom. The molecule has 1 nitrogen and oxygen atoms in total. The van der Waals surface area contributed by atoms with Crippen molar-refractivity contribution >= 4 is 0 Å². The first kappa shape index (κ1) is 14.0. The molecule has 0 bridgehead atoms. The smallest absolute Gasteiger partial charge is 0.165 e. The highest BCUT2D eigenvalue weighted by molar-refractivity contribution is 5.32. The van der Waals surface area contributed by atoms with Crippen LogP contribution < -0.4 is 4.74 Å². The van der Waals surface area contributed by atoms with E-state index in [0.717, 1.165) is 6.42 Å². The number of rotatable bonds is 7. The fraction of sp³-hybridized carbons (Fsp3) is 0.600. The van der Waals surface area contributed by atoms with Gasteiger partial charge in [-0.1, -0.05) is 45.6 Å². The van der Waals surface area contributed by atoms with Gasteiger partial charge >= 0.3 is 0 Å². The van der Waals surface area contributed by atoms with Crippen LogP contribution in [0.2, 0.25) is 0 Å². The molecule has 0 aliphatic heterocycles. The van der Waals surface area contributed by atoms with Gasteiger partial charge in [-0.2, -0.15) is 0 Å². The van der Waals surface area contributed by atoms with Crippen LogP contribution in [0, 0.1) is 5.82 Å². The van der Waals surface area contributed by atoms with Crippen molar-refractivity contribution in [3.8, 4) is 5.75 Å². The molecular weight excluding hydrogens is 215 g/mol. The van der Waals surface area contributed by atoms with Crippen molar-refractivity contribution in [1.82, 2.24) is 0 Å². The van der Waals surface area contributed by atoms with Crippen LogP contribution in [-0.4, -0.2) is 7.11 Å². The number of hydrogen-bond acceptors (Lipinski definition) is 1. The molecule has 2 heteroatoms. The van der Waals surface area contributed by atoms with Crippen LogP contribution in [0.5, 0.6) is 5.75 Å². The van der Waals surface area contributed by atoms with Gasteiger partial charge in [0.15, 0.2) is 11.6 Å². The second-order valence-corrected chi connectivity index (χ2v) is 4.64. The molecule has 1 aromatic rings. The highest BCUT2D eigenvalue weighted by atomic mass is 19.1. The lowest BCUT2D eigenvalue weighted by atomic mass is 9.94. The van der Waals surface area contributed by atoms with Gasteiger partial charge in [-0.3, -0.25) is 0 Å². The minimum atomic E-state index is -0.283. The second-order valence-electron chi connectivity index (χ2n) is 4.64. The van der Waals surface area contributed by atoms with E-state index in [1.54, 1.807) is 0 Å². The molecule has 0 radical (unpaired) electrons. The quantitative estimate of drug-likeness (QED) is 0.613. The molecule has 0 saturated heterocycles. The number of ether oxygens (including phenoxy) is 1. The third-order valence-electron chi connectivity index (χ3n) is 3.23. The number of benzene rings is 1. The van der Waals surface area contributed by atoms with Crippen molar-refractivity contribution in [2.24, 2.45) is 0 Å². The molecule has 96 valence electrons. The standard InChI is InChI=1S/C15H23FO/c1-4-5-6-7-8-12(2)13-9-10-14(16)15(11-13)17-3/h9-12H,4-8H2,1-3H3. The second kappa shape index (κ2) is 7.31. The van der Waals surface area contributed by atoms with Gasteiger partial charge in [0, 0.05) is 0 Å². The monoisotopic (exact) mass is 238 g/mol. The van der Waals surface area contributed by atoms with Gasteiger partial charge in [0.25, 0.3) is 0 Å². The fourth-order valence-electron chi connectivity index (χ4n) is 2.03. The minimum absolute atomic E-state index is 0.283. The first-order valence-corrected chi connectivity index (χ1v) is 6.52. The van der Waals surface area contributed by atoms with Gasteiger partial charge in [0.1, 0.15) is 0 Å². The van der Waals surface area contributed by atoms with Crippen LogP contribution in [0.4, 0.5) is 4.39 Å². The van der Waals surface area contributed by atoms with E-state index in [-0.39, 0.29) is 5.82 Å². The van der Waals surface area contributed by atoms with E-state index in [1.165, 1.54) is 44.4 Å². The molecule has 0 aromatic heterocycles. The molecule has 1 aromatic carbocycles. The Labute approximate surface area is 104 Å². The Bertz CT molecular complexity index is 336. The molecule has 0 aliphatic carbocycles. The molecule has 0 amide bonds. The summed E-state index contributed by atoms with van der Waals surface area (Å²) in [5.74, 6) is 0.540. The maximum absolute atomic E-state index is 13.3. The zero-order valence-electron chi connectivity index (χ0n) is 11.1. The van der Waals surface area contributed by atoms with E-state index in [4.69, 9.17) is 4.74 Å². The van der Waals surface area contributed by atoms with Crippen LogP contribution in [0.25, 0.3) is 0 Å². The molecule has 0 spiro atoms. The van der Waals surface area contributed by atoms with Crippen molar-refractivity contribution in [3.05, 3.63) is 29.6 Å². The van der Waals surface area contributed by atoms with Crippen LogP contribution in [0.1, 0.15) is 57.4 Å². The predicted octanol–water partition coefficient (Wildman–Crippen LogP) is 4.91. The third kappa shape index (κ3) is 4.37. The van der Waals surface area contributed by atoms with Gasteiger partial charge in [-0.15, -0.1) is 0 Å². The summed E-state index contributed by atoms with van der Waals surface area (Å²) >= 11 is 0. The summed E-state index contributed by atoms with van der Waals surface area (Å²) in [7, 11) is 1.51. The summed E-state index contributed by atoms with van der Waals surface area (Å²) in [6.07, 6.45) is 6.26. The van der Waals surface area contributed by atoms with Crippen molar-refractivity contribution in [2.75, 3.05) is 7.11 Å². The largest absolute Gasteiger partial charge is 0.494 e. The lowest BCUT2D eigenvalue weighted by molar-refractivity contribution is 0.385. The van der Waals surface area contributed by atoms with Gasteiger partial charge in [0.2, 0.25) is 0 Å². The van der Waals surface area contributed by atoms with Gasteiger partial charge in [0.05, 0.1) is 7.11 Å². The maximum Gasteiger partial charge on any atom is 0.165 e. The van der Waals surface area contributed by atoms with Crippen molar-refractivity contribution in [1.29, 1.82) is 0 Å². The van der Waals surface area contributed by atoms with Gasteiger partial charge in [-0.25, -0.2) is 4.39 Å². The Hall–Kier alpha value is -1.05. The van der Waals surface area contributed by atoms with Crippen LogP contribution >= 0.6 is 0 Å². The first-order chi connectivity index (χ1) is 8.19. The average Bonchev–Trinajstić information content (AvgIpc) is 2.35. The molecule has 1 rings (SSSR count). The Morgan fingerprint density at radius 2 is 2.00 bits per heavy atom. The maximum atomic E-state index is 13.3. The summed E-state index contributed by atoms with van der Waals surface area (Å²) in [5.41, 5.74) is 1.17. The highest BCUT2D eigenvalue weighted by Gasteiger charge is 2.09. The zero-order chi connectivity index (χ0) is 12.7. The van der Waals surface area contributed by atoms with Crippen LogP contribution in [0.3, 0.4) is 0 Å². The molecule has 0 heterocycles.